The maximum atomic E-state index is 3.58. The number of hydrogen-bond acceptors (Lipinski definition) is 3. The highest BCUT2D eigenvalue weighted by Crippen LogP contribution is 2.33. The van der Waals surface area contributed by atoms with Crippen molar-refractivity contribution in [1.82, 2.24) is 15.1 Å². The highest BCUT2D eigenvalue weighted by Gasteiger charge is 2.35. The molecule has 0 bridgehead atoms. The van der Waals surface area contributed by atoms with Crippen LogP contribution < -0.4 is 5.32 Å². The van der Waals surface area contributed by atoms with Gasteiger partial charge in [-0.2, -0.15) is 0 Å². The number of likely N-dealkylation sites (tertiary alicyclic amines) is 1. The van der Waals surface area contributed by atoms with E-state index in [1.807, 2.05) is 0 Å². The molecule has 0 aliphatic carbocycles. The van der Waals surface area contributed by atoms with E-state index in [9.17, 15) is 0 Å². The average Bonchev–Trinajstić information content (AvgIpc) is 2.79. The molecule has 3 nitrogen and oxygen atoms in total. The summed E-state index contributed by atoms with van der Waals surface area (Å²) in [6, 6.07) is 0.815. The van der Waals surface area contributed by atoms with Crippen molar-refractivity contribution < 1.29 is 0 Å². The lowest BCUT2D eigenvalue weighted by molar-refractivity contribution is 0.0953. The molecule has 0 aromatic heterocycles. The molecule has 0 spiro atoms. The van der Waals surface area contributed by atoms with Gasteiger partial charge >= 0.3 is 0 Å². The van der Waals surface area contributed by atoms with Crippen LogP contribution in [-0.4, -0.2) is 62.7 Å². The van der Waals surface area contributed by atoms with E-state index in [2.05, 4.69) is 36.1 Å². The molecule has 2 rings (SSSR count). The van der Waals surface area contributed by atoms with Gasteiger partial charge in [0.15, 0.2) is 0 Å². The van der Waals surface area contributed by atoms with Gasteiger partial charge < -0.3 is 15.1 Å². The predicted molar refractivity (Wildman–Crippen MR) is 78.0 cm³/mol. The molecule has 1 N–H and O–H groups in total. The average molecular weight is 253 g/mol. The smallest absolute Gasteiger partial charge is 0.0117 e. The van der Waals surface area contributed by atoms with Gasteiger partial charge in [-0.05, 0) is 64.8 Å². The SMILES string of the molecule is CCCC1(CN(C)C2CCN(C)CC2)CCNC1. The van der Waals surface area contributed by atoms with Crippen molar-refractivity contribution in [3.05, 3.63) is 0 Å². The van der Waals surface area contributed by atoms with Crippen molar-refractivity contribution in [2.45, 2.75) is 45.1 Å². The van der Waals surface area contributed by atoms with Crippen molar-refractivity contribution in [3.63, 3.8) is 0 Å². The Labute approximate surface area is 113 Å². The first-order valence-corrected chi connectivity index (χ1v) is 7.75. The van der Waals surface area contributed by atoms with E-state index in [0.717, 1.165) is 6.04 Å². The quantitative estimate of drug-likeness (QED) is 0.806. The molecule has 1 unspecified atom stereocenters. The summed E-state index contributed by atoms with van der Waals surface area (Å²) >= 11 is 0. The first-order chi connectivity index (χ1) is 8.65. The van der Waals surface area contributed by atoms with E-state index in [4.69, 9.17) is 0 Å². The summed E-state index contributed by atoms with van der Waals surface area (Å²) in [6.45, 7) is 8.62. The summed E-state index contributed by atoms with van der Waals surface area (Å²) in [4.78, 5) is 5.12. The second kappa shape index (κ2) is 6.36. The van der Waals surface area contributed by atoms with E-state index in [0.29, 0.717) is 5.41 Å². The molecule has 0 radical (unpaired) electrons. The Morgan fingerprint density at radius 1 is 1.33 bits per heavy atom. The highest BCUT2D eigenvalue weighted by molar-refractivity contribution is 4.91. The summed E-state index contributed by atoms with van der Waals surface area (Å²) in [7, 11) is 4.60. The normalized spacial score (nSPS) is 31.3. The molecule has 2 aliphatic rings. The number of rotatable bonds is 5. The second-order valence-electron chi connectivity index (χ2n) is 6.63. The van der Waals surface area contributed by atoms with E-state index in [-0.39, 0.29) is 0 Å². The van der Waals surface area contributed by atoms with Crippen LogP contribution in [0.5, 0.6) is 0 Å². The van der Waals surface area contributed by atoms with Crippen LogP contribution in [0.15, 0.2) is 0 Å². The van der Waals surface area contributed by atoms with Gasteiger partial charge in [-0.3, -0.25) is 0 Å². The van der Waals surface area contributed by atoms with Crippen LogP contribution >= 0.6 is 0 Å². The molecule has 0 amide bonds. The predicted octanol–water partition coefficient (Wildman–Crippen LogP) is 1.79. The van der Waals surface area contributed by atoms with Gasteiger partial charge in [-0.1, -0.05) is 13.3 Å². The molecule has 18 heavy (non-hydrogen) atoms. The molecule has 2 saturated heterocycles. The first-order valence-electron chi connectivity index (χ1n) is 7.75. The van der Waals surface area contributed by atoms with Gasteiger partial charge in [0, 0.05) is 19.1 Å². The second-order valence-corrected chi connectivity index (χ2v) is 6.63. The molecule has 106 valence electrons. The fraction of sp³-hybridized carbons (Fsp3) is 1.00. The summed E-state index contributed by atoms with van der Waals surface area (Å²) in [6.07, 6.45) is 6.78. The molecule has 1 atom stereocenters. The van der Waals surface area contributed by atoms with E-state index in [1.54, 1.807) is 0 Å². The topological polar surface area (TPSA) is 18.5 Å². The fourth-order valence-electron chi connectivity index (χ4n) is 3.85. The van der Waals surface area contributed by atoms with Crippen LogP contribution in [0.25, 0.3) is 0 Å². The Hall–Kier alpha value is -0.120. The summed E-state index contributed by atoms with van der Waals surface area (Å²) in [5, 5.41) is 3.58. The molecule has 2 heterocycles. The van der Waals surface area contributed by atoms with Crippen LogP contribution in [0, 0.1) is 5.41 Å². The van der Waals surface area contributed by atoms with Crippen LogP contribution in [0.4, 0.5) is 0 Å². The lowest BCUT2D eigenvalue weighted by Crippen LogP contribution is -2.46. The van der Waals surface area contributed by atoms with Gasteiger partial charge in [0.1, 0.15) is 0 Å². The minimum absolute atomic E-state index is 0.562. The van der Waals surface area contributed by atoms with Crippen molar-refractivity contribution in [1.29, 1.82) is 0 Å². The zero-order valence-corrected chi connectivity index (χ0v) is 12.5. The Bertz CT molecular complexity index is 240. The highest BCUT2D eigenvalue weighted by atomic mass is 15.2. The monoisotopic (exact) mass is 253 g/mol. The Morgan fingerprint density at radius 3 is 2.61 bits per heavy atom. The van der Waals surface area contributed by atoms with Crippen LogP contribution in [0.1, 0.15) is 39.0 Å². The first kappa shape index (κ1) is 14.3. The van der Waals surface area contributed by atoms with Crippen molar-refractivity contribution >= 4 is 0 Å². The number of nitrogens with zero attached hydrogens (tertiary/aromatic N) is 2. The largest absolute Gasteiger partial charge is 0.316 e. The zero-order valence-electron chi connectivity index (χ0n) is 12.5. The molecular formula is C15H31N3. The van der Waals surface area contributed by atoms with Gasteiger partial charge in [0.2, 0.25) is 0 Å². The fourth-order valence-corrected chi connectivity index (χ4v) is 3.85. The minimum atomic E-state index is 0.562. The maximum Gasteiger partial charge on any atom is 0.0117 e. The third kappa shape index (κ3) is 3.46. The number of nitrogens with one attached hydrogen (secondary N) is 1. The van der Waals surface area contributed by atoms with Crippen LogP contribution in [0.3, 0.4) is 0 Å². The van der Waals surface area contributed by atoms with E-state index in [1.165, 1.54) is 64.8 Å². The Morgan fingerprint density at radius 2 is 2.06 bits per heavy atom. The van der Waals surface area contributed by atoms with Gasteiger partial charge in [0.05, 0.1) is 0 Å². The van der Waals surface area contributed by atoms with Gasteiger partial charge in [-0.15, -0.1) is 0 Å². The van der Waals surface area contributed by atoms with Gasteiger partial charge in [-0.25, -0.2) is 0 Å². The molecule has 0 saturated carbocycles. The summed E-state index contributed by atoms with van der Waals surface area (Å²) in [5.74, 6) is 0. The number of piperidine rings is 1. The van der Waals surface area contributed by atoms with Crippen molar-refractivity contribution in [2.75, 3.05) is 46.8 Å². The van der Waals surface area contributed by atoms with Gasteiger partial charge in [0.25, 0.3) is 0 Å². The lowest BCUT2D eigenvalue weighted by atomic mass is 9.81. The Kier molecular flexibility index (Phi) is 5.05. The van der Waals surface area contributed by atoms with E-state index >= 15 is 0 Å². The van der Waals surface area contributed by atoms with E-state index < -0.39 is 0 Å². The molecule has 2 aliphatic heterocycles. The molecule has 0 aromatic rings. The summed E-state index contributed by atoms with van der Waals surface area (Å²) in [5.41, 5.74) is 0.562. The van der Waals surface area contributed by atoms with Crippen molar-refractivity contribution in [2.24, 2.45) is 5.41 Å². The van der Waals surface area contributed by atoms with Crippen LogP contribution in [-0.2, 0) is 0 Å². The molecule has 3 heteroatoms. The van der Waals surface area contributed by atoms with Crippen LogP contribution in [0.2, 0.25) is 0 Å². The molecule has 0 aromatic carbocycles. The lowest BCUT2D eigenvalue weighted by Gasteiger charge is -2.40. The third-order valence-electron chi connectivity index (χ3n) is 5.01. The molecule has 2 fully saturated rings. The number of hydrogen-bond donors (Lipinski definition) is 1. The molecular weight excluding hydrogens is 222 g/mol. The summed E-state index contributed by atoms with van der Waals surface area (Å²) < 4.78 is 0. The maximum absolute atomic E-state index is 3.58. The zero-order chi connectivity index (χ0) is 13.0. The third-order valence-corrected chi connectivity index (χ3v) is 5.01. The van der Waals surface area contributed by atoms with Crippen molar-refractivity contribution in [3.8, 4) is 0 Å². The minimum Gasteiger partial charge on any atom is -0.316 e. The Balaban J connectivity index is 1.86. The standard InChI is InChI=1S/C15H31N3/c1-4-7-15(8-9-16-12-15)13-18(3)14-5-10-17(2)11-6-14/h14,16H,4-13H2,1-3H3.